The second-order valence-electron chi connectivity index (χ2n) is 9.99. The number of benzene rings is 1. The first-order valence-electron chi connectivity index (χ1n) is 11.9. The number of hydrogen-bond donors (Lipinski definition) is 3. The van der Waals surface area contributed by atoms with E-state index in [0.29, 0.717) is 24.3 Å². The highest BCUT2D eigenvalue weighted by atomic mass is 16.6. The third-order valence-electron chi connectivity index (χ3n) is 8.10. The second kappa shape index (κ2) is 8.46. The number of carboxylic acid groups (broad SMARTS) is 1. The number of hydrogen-bond acceptors (Lipinski definition) is 10. The predicted molar refractivity (Wildman–Crippen MR) is 123 cm³/mol. The van der Waals surface area contributed by atoms with Gasteiger partial charge in [0.25, 0.3) is 0 Å². The number of aliphatic hydroxyl groups is 1. The Balaban J connectivity index is 1.45. The Morgan fingerprint density at radius 1 is 1.31 bits per heavy atom. The van der Waals surface area contributed by atoms with E-state index in [0.717, 1.165) is 17.7 Å². The lowest BCUT2D eigenvalue weighted by Crippen LogP contribution is -2.74. The van der Waals surface area contributed by atoms with Gasteiger partial charge in [0.1, 0.15) is 11.8 Å². The van der Waals surface area contributed by atoms with E-state index in [2.05, 4.69) is 4.90 Å². The van der Waals surface area contributed by atoms with Crippen molar-refractivity contribution in [2.24, 2.45) is 5.73 Å². The Morgan fingerprint density at radius 3 is 2.75 bits per heavy atom. The van der Waals surface area contributed by atoms with E-state index < -0.39 is 53.6 Å². The van der Waals surface area contributed by atoms with Crippen LogP contribution in [0.3, 0.4) is 0 Å². The van der Waals surface area contributed by atoms with Crippen LogP contribution in [0, 0.1) is 0 Å². The molecular weight excluding hydrogens is 472 g/mol. The number of carbonyl (C=O) groups is 3. The van der Waals surface area contributed by atoms with E-state index in [9.17, 15) is 19.5 Å². The lowest BCUT2D eigenvalue weighted by atomic mass is 9.50. The summed E-state index contributed by atoms with van der Waals surface area (Å²) in [5.74, 6) is -1.81. The van der Waals surface area contributed by atoms with Crippen molar-refractivity contribution in [1.82, 2.24) is 4.90 Å². The van der Waals surface area contributed by atoms with E-state index in [-0.39, 0.29) is 18.2 Å². The van der Waals surface area contributed by atoms with Crippen LogP contribution in [0.25, 0.3) is 0 Å². The van der Waals surface area contributed by atoms with Gasteiger partial charge in [-0.1, -0.05) is 6.07 Å². The standard InChI is InChI=1S/C25H30N2O9/c1-12(34-23(31)14(26)11-18(28)29)22(30)35-16-6-7-25(32)17-10-13-4-5-15(33-3)20-19(13)24(25,21(16)36-20)8-9-27(17)2/h4-6,12,14,17,21,32H,7-11,26H2,1-3H3,(H,28,29)/t12-,14-,17-,21-,24-,25+/m0/s1. The average Bonchev–Trinajstić information content (AvgIpc) is 3.18. The van der Waals surface area contributed by atoms with Crippen LogP contribution in [0.15, 0.2) is 24.0 Å². The van der Waals surface area contributed by atoms with Gasteiger partial charge < -0.3 is 39.8 Å². The average molecular weight is 503 g/mol. The number of rotatable bonds is 7. The van der Waals surface area contributed by atoms with E-state index in [1.54, 1.807) is 13.2 Å². The van der Waals surface area contributed by atoms with Gasteiger partial charge in [0.05, 0.1) is 24.5 Å². The summed E-state index contributed by atoms with van der Waals surface area (Å²) >= 11 is 0. The maximum Gasteiger partial charge on any atom is 0.352 e. The predicted octanol–water partition coefficient (Wildman–Crippen LogP) is 0.250. The molecule has 1 aromatic rings. The van der Waals surface area contributed by atoms with Crippen molar-refractivity contribution in [1.29, 1.82) is 0 Å². The first-order valence-corrected chi connectivity index (χ1v) is 11.9. The first-order chi connectivity index (χ1) is 17.0. The largest absolute Gasteiger partial charge is 0.493 e. The molecule has 4 aliphatic rings. The van der Waals surface area contributed by atoms with Gasteiger partial charge in [0.2, 0.25) is 0 Å². The van der Waals surface area contributed by atoms with Crippen molar-refractivity contribution >= 4 is 17.9 Å². The maximum absolute atomic E-state index is 12.9. The normalized spacial score (nSPS) is 31.3. The summed E-state index contributed by atoms with van der Waals surface area (Å²) in [6, 6.07) is 2.30. The first kappa shape index (κ1) is 24.5. The Bertz CT molecular complexity index is 1170. The minimum Gasteiger partial charge on any atom is -0.493 e. The van der Waals surface area contributed by atoms with Crippen LogP contribution in [-0.2, 0) is 35.7 Å². The lowest BCUT2D eigenvalue weighted by Gasteiger charge is -2.61. The molecule has 2 bridgehead atoms. The summed E-state index contributed by atoms with van der Waals surface area (Å²) in [6.07, 6.45) is 0.419. The number of ether oxygens (including phenoxy) is 4. The number of piperidine rings is 1. The van der Waals surface area contributed by atoms with Crippen LogP contribution < -0.4 is 15.2 Å². The minimum absolute atomic E-state index is 0.145. The highest BCUT2D eigenvalue weighted by Gasteiger charge is 2.72. The van der Waals surface area contributed by atoms with Crippen LogP contribution in [-0.4, -0.2) is 83.6 Å². The number of methoxy groups -OCH3 is 1. The summed E-state index contributed by atoms with van der Waals surface area (Å²) < 4.78 is 22.7. The highest BCUT2D eigenvalue weighted by Crippen LogP contribution is 2.65. The monoisotopic (exact) mass is 502 g/mol. The van der Waals surface area contributed by atoms with Gasteiger partial charge in [0, 0.05) is 18.0 Å². The Morgan fingerprint density at radius 2 is 2.06 bits per heavy atom. The molecule has 5 rings (SSSR count). The van der Waals surface area contributed by atoms with Crippen molar-refractivity contribution in [2.75, 3.05) is 20.7 Å². The van der Waals surface area contributed by atoms with Crippen molar-refractivity contribution in [3.05, 3.63) is 35.1 Å². The summed E-state index contributed by atoms with van der Waals surface area (Å²) in [5.41, 5.74) is 5.52. The quantitative estimate of drug-likeness (QED) is 0.439. The molecule has 11 nitrogen and oxygen atoms in total. The number of carboxylic acids is 1. The van der Waals surface area contributed by atoms with Crippen molar-refractivity contribution in [3.8, 4) is 11.5 Å². The Hall–Kier alpha value is -3.15. The molecule has 2 aliphatic carbocycles. The van der Waals surface area contributed by atoms with Crippen LogP contribution in [0.5, 0.6) is 11.5 Å². The number of esters is 2. The molecule has 0 aromatic heterocycles. The zero-order valence-electron chi connectivity index (χ0n) is 20.4. The van der Waals surface area contributed by atoms with E-state index >= 15 is 0 Å². The van der Waals surface area contributed by atoms with Gasteiger partial charge in [0.15, 0.2) is 23.7 Å². The summed E-state index contributed by atoms with van der Waals surface area (Å²) in [4.78, 5) is 37.9. The minimum atomic E-state index is -1.41. The second-order valence-corrected chi connectivity index (χ2v) is 9.99. The summed E-state index contributed by atoms with van der Waals surface area (Å²) in [5, 5.41) is 21.0. The molecule has 0 radical (unpaired) electrons. The fraction of sp³-hybridized carbons (Fsp3) is 0.560. The number of likely N-dealkylation sites (N-methyl/N-ethyl adjacent to an activating group) is 1. The number of carbonyl (C=O) groups excluding carboxylic acids is 2. The van der Waals surface area contributed by atoms with Crippen LogP contribution in [0.1, 0.15) is 37.3 Å². The maximum atomic E-state index is 12.9. The molecule has 2 heterocycles. The van der Waals surface area contributed by atoms with E-state index in [1.165, 1.54) is 6.92 Å². The molecule has 1 spiro atoms. The molecule has 1 saturated heterocycles. The summed E-state index contributed by atoms with van der Waals surface area (Å²) in [7, 11) is 3.55. The Labute approximate surface area is 207 Å². The molecule has 0 amide bonds. The lowest BCUT2D eigenvalue weighted by molar-refractivity contribution is -0.176. The number of aliphatic carboxylic acids is 1. The molecule has 194 valence electrons. The van der Waals surface area contributed by atoms with Gasteiger partial charge in [-0.3, -0.25) is 9.59 Å². The van der Waals surface area contributed by atoms with E-state index in [1.807, 2.05) is 19.2 Å². The number of nitrogens with zero attached hydrogens (tertiary/aromatic N) is 1. The molecule has 0 saturated carbocycles. The zero-order valence-corrected chi connectivity index (χ0v) is 20.4. The molecular formula is C25H30N2O9. The molecule has 36 heavy (non-hydrogen) atoms. The van der Waals surface area contributed by atoms with Crippen molar-refractivity contribution < 1.29 is 43.5 Å². The number of nitrogens with two attached hydrogens (primary N) is 1. The van der Waals surface area contributed by atoms with Crippen molar-refractivity contribution in [3.63, 3.8) is 0 Å². The topological polar surface area (TPSA) is 158 Å². The third-order valence-corrected chi connectivity index (χ3v) is 8.10. The smallest absolute Gasteiger partial charge is 0.352 e. The summed E-state index contributed by atoms with van der Waals surface area (Å²) in [6.45, 7) is 2.04. The van der Waals surface area contributed by atoms with Gasteiger partial charge >= 0.3 is 17.9 Å². The Kier molecular flexibility index (Phi) is 5.77. The molecule has 4 N–H and O–H groups in total. The van der Waals surface area contributed by atoms with Crippen LogP contribution in [0.4, 0.5) is 0 Å². The van der Waals surface area contributed by atoms with Crippen molar-refractivity contribution in [2.45, 2.75) is 67.9 Å². The molecule has 0 unspecified atom stereocenters. The highest BCUT2D eigenvalue weighted by molar-refractivity contribution is 5.85. The molecule has 2 aliphatic heterocycles. The molecule has 11 heteroatoms. The fourth-order valence-corrected chi connectivity index (χ4v) is 6.37. The number of likely N-dealkylation sites (tertiary alicyclic amines) is 1. The van der Waals surface area contributed by atoms with Gasteiger partial charge in [-0.25, -0.2) is 4.79 Å². The molecule has 1 fully saturated rings. The van der Waals surface area contributed by atoms with Crippen LogP contribution >= 0.6 is 0 Å². The van der Waals surface area contributed by atoms with Gasteiger partial charge in [-0.15, -0.1) is 0 Å². The van der Waals surface area contributed by atoms with Gasteiger partial charge in [-0.2, -0.15) is 0 Å². The third kappa shape index (κ3) is 3.33. The molecule has 1 aromatic carbocycles. The SMILES string of the molecule is COc1ccc2c3c1O[C@H]1C(OC(=O)[C@H](C)OC(=O)[C@@H](N)CC(=O)O)=CC[C@@]4(O)[C@H](C2)N(C)CC[C@]314. The van der Waals surface area contributed by atoms with Gasteiger partial charge in [-0.05, 0) is 51.1 Å². The molecule has 6 atom stereocenters. The fourth-order valence-electron chi connectivity index (χ4n) is 6.37. The van der Waals surface area contributed by atoms with Crippen LogP contribution in [0.2, 0.25) is 0 Å². The zero-order chi connectivity index (χ0) is 26.0. The van der Waals surface area contributed by atoms with E-state index in [4.69, 9.17) is 29.8 Å².